The third-order valence-corrected chi connectivity index (χ3v) is 6.33. The number of aliphatic hydroxyl groups is 1. The second kappa shape index (κ2) is 6.43. The van der Waals surface area contributed by atoms with Crippen molar-refractivity contribution >= 4 is 22.6 Å². The summed E-state index contributed by atoms with van der Waals surface area (Å²) < 4.78 is 30.6. The van der Waals surface area contributed by atoms with Crippen LogP contribution >= 0.6 is 0 Å². The molecule has 0 spiro atoms. The smallest absolute Gasteiger partial charge is 0.252 e. The van der Waals surface area contributed by atoms with E-state index >= 15 is 0 Å². The maximum absolute atomic E-state index is 13.5. The highest BCUT2D eigenvalue weighted by Gasteiger charge is 2.47. The van der Waals surface area contributed by atoms with Gasteiger partial charge in [-0.2, -0.15) is 0 Å². The van der Waals surface area contributed by atoms with Crippen LogP contribution in [0.15, 0.2) is 30.7 Å². The molecule has 2 fully saturated rings. The van der Waals surface area contributed by atoms with Crippen molar-refractivity contribution in [2.45, 2.75) is 56.7 Å². The molecule has 4 heterocycles. The molecule has 0 radical (unpaired) electrons. The van der Waals surface area contributed by atoms with Gasteiger partial charge in [0, 0.05) is 48.4 Å². The van der Waals surface area contributed by atoms with Crippen LogP contribution in [0, 0.1) is 6.92 Å². The Morgan fingerprint density at radius 1 is 1.16 bits per heavy atom. The molecule has 2 aliphatic carbocycles. The predicted molar refractivity (Wildman–Crippen MR) is 110 cm³/mol. The van der Waals surface area contributed by atoms with Crippen LogP contribution in [0.2, 0.25) is 0 Å². The molecule has 160 valence electrons. The molecule has 4 aromatic rings. The molecule has 0 aliphatic heterocycles. The van der Waals surface area contributed by atoms with Crippen molar-refractivity contribution in [2.24, 2.45) is 0 Å². The number of aryl methyl sites for hydroxylation is 1. The molecule has 2 saturated carbocycles. The Hall–Kier alpha value is -3.14. The normalized spacial score (nSPS) is 23.1. The quantitative estimate of drug-likeness (QED) is 0.521. The zero-order valence-electron chi connectivity index (χ0n) is 16.8. The molecule has 0 unspecified atom stereocenters. The number of nitrogens with zero attached hydrogens (tertiary/aromatic N) is 6. The van der Waals surface area contributed by atoms with Crippen LogP contribution < -0.4 is 5.32 Å². The molecule has 8 nitrogen and oxygen atoms in total. The molecule has 2 aliphatic rings. The van der Waals surface area contributed by atoms with Gasteiger partial charge in [-0.15, -0.1) is 5.10 Å². The SMILES string of the molecule is Cc1nc2ncc(-c3ccn4nc(NC5CC(O)C5)ncc34)cc2n1C1CC(F)(F)C1. The second-order valence-electron chi connectivity index (χ2n) is 8.62. The van der Waals surface area contributed by atoms with E-state index < -0.39 is 5.92 Å². The first kappa shape index (κ1) is 18.6. The highest BCUT2D eigenvalue weighted by Crippen LogP contribution is 2.47. The summed E-state index contributed by atoms with van der Waals surface area (Å²) >= 11 is 0. The molecule has 4 aromatic heterocycles. The number of hydrogen-bond acceptors (Lipinski definition) is 6. The van der Waals surface area contributed by atoms with Crippen LogP contribution in [0.5, 0.6) is 0 Å². The predicted octanol–water partition coefficient (Wildman–Crippen LogP) is 3.35. The summed E-state index contributed by atoms with van der Waals surface area (Å²) in [6.45, 7) is 1.83. The fourth-order valence-electron chi connectivity index (χ4n) is 4.61. The van der Waals surface area contributed by atoms with E-state index in [0.717, 1.165) is 22.2 Å². The molecule has 0 aromatic carbocycles. The zero-order valence-corrected chi connectivity index (χ0v) is 16.8. The highest BCUT2D eigenvalue weighted by atomic mass is 19.3. The Labute approximate surface area is 176 Å². The van der Waals surface area contributed by atoms with Gasteiger partial charge in [-0.1, -0.05) is 0 Å². The average Bonchev–Trinajstić information content (AvgIpc) is 3.24. The molecular weight excluding hydrogens is 404 g/mol. The third kappa shape index (κ3) is 3.04. The molecule has 0 amide bonds. The van der Waals surface area contributed by atoms with Crippen molar-refractivity contribution < 1.29 is 13.9 Å². The number of aromatic nitrogens is 6. The molecule has 2 N–H and O–H groups in total. The van der Waals surface area contributed by atoms with E-state index in [1.54, 1.807) is 16.9 Å². The van der Waals surface area contributed by atoms with Gasteiger partial charge in [0.25, 0.3) is 5.92 Å². The average molecular weight is 425 g/mol. The molecule has 31 heavy (non-hydrogen) atoms. The minimum atomic E-state index is -2.60. The number of aliphatic hydroxyl groups excluding tert-OH is 1. The number of anilines is 1. The van der Waals surface area contributed by atoms with Gasteiger partial charge in [-0.25, -0.2) is 28.2 Å². The lowest BCUT2D eigenvalue weighted by Gasteiger charge is -2.36. The number of imidazole rings is 1. The summed E-state index contributed by atoms with van der Waals surface area (Å²) in [4.78, 5) is 13.4. The number of halogens is 2. The summed E-state index contributed by atoms with van der Waals surface area (Å²) in [5, 5.41) is 17.2. The Bertz CT molecular complexity index is 1300. The van der Waals surface area contributed by atoms with Gasteiger partial charge >= 0.3 is 0 Å². The van der Waals surface area contributed by atoms with Crippen molar-refractivity contribution in [2.75, 3.05) is 5.32 Å². The van der Waals surface area contributed by atoms with Gasteiger partial charge in [0.2, 0.25) is 5.95 Å². The van der Waals surface area contributed by atoms with Gasteiger partial charge in [0.15, 0.2) is 5.65 Å². The molecular formula is C21H21F2N7O. The van der Waals surface area contributed by atoms with Gasteiger partial charge in [-0.3, -0.25) is 0 Å². The first-order valence-electron chi connectivity index (χ1n) is 10.4. The molecule has 0 bridgehead atoms. The summed E-state index contributed by atoms with van der Waals surface area (Å²) in [5.41, 5.74) is 3.90. The maximum Gasteiger partial charge on any atom is 0.252 e. The zero-order chi connectivity index (χ0) is 21.3. The summed E-state index contributed by atoms with van der Waals surface area (Å²) in [6.07, 6.45) is 6.16. The lowest BCUT2D eigenvalue weighted by Crippen LogP contribution is -2.39. The Morgan fingerprint density at radius 2 is 1.97 bits per heavy atom. The van der Waals surface area contributed by atoms with E-state index in [1.165, 1.54) is 0 Å². The van der Waals surface area contributed by atoms with Crippen LogP contribution in [-0.2, 0) is 0 Å². The fraction of sp³-hybridized carbons (Fsp3) is 0.429. The van der Waals surface area contributed by atoms with Crippen LogP contribution in [0.4, 0.5) is 14.7 Å². The molecule has 0 saturated heterocycles. The largest absolute Gasteiger partial charge is 0.393 e. The van der Waals surface area contributed by atoms with Crippen molar-refractivity contribution in [3.63, 3.8) is 0 Å². The van der Waals surface area contributed by atoms with Crippen molar-refractivity contribution in [3.05, 3.63) is 36.5 Å². The number of alkyl halides is 2. The van der Waals surface area contributed by atoms with Crippen LogP contribution in [-0.4, -0.2) is 52.3 Å². The van der Waals surface area contributed by atoms with Gasteiger partial charge in [0.05, 0.1) is 23.3 Å². The van der Waals surface area contributed by atoms with Gasteiger partial charge < -0.3 is 15.0 Å². The second-order valence-corrected chi connectivity index (χ2v) is 8.62. The summed E-state index contributed by atoms with van der Waals surface area (Å²) in [5.74, 6) is -1.39. The first-order chi connectivity index (χ1) is 14.9. The monoisotopic (exact) mass is 425 g/mol. The number of hydrogen-bond donors (Lipinski definition) is 2. The summed E-state index contributed by atoms with van der Waals surface area (Å²) in [6, 6.07) is 3.83. The van der Waals surface area contributed by atoms with Crippen LogP contribution in [0.1, 0.15) is 37.5 Å². The lowest BCUT2D eigenvalue weighted by molar-refractivity contribution is -0.103. The van der Waals surface area contributed by atoms with E-state index in [-0.39, 0.29) is 31.0 Å². The van der Waals surface area contributed by atoms with Crippen molar-refractivity contribution in [1.82, 2.24) is 29.1 Å². The lowest BCUT2D eigenvalue weighted by atomic mass is 9.87. The van der Waals surface area contributed by atoms with E-state index in [0.29, 0.717) is 30.3 Å². The van der Waals surface area contributed by atoms with Gasteiger partial charge in [0.1, 0.15) is 5.82 Å². The maximum atomic E-state index is 13.5. The van der Waals surface area contributed by atoms with E-state index in [2.05, 4.69) is 25.4 Å². The van der Waals surface area contributed by atoms with E-state index in [4.69, 9.17) is 0 Å². The van der Waals surface area contributed by atoms with E-state index in [1.807, 2.05) is 29.8 Å². The fourth-order valence-corrected chi connectivity index (χ4v) is 4.61. The van der Waals surface area contributed by atoms with E-state index in [9.17, 15) is 13.9 Å². The number of nitrogens with one attached hydrogen (secondary N) is 1. The molecule has 6 rings (SSSR count). The van der Waals surface area contributed by atoms with Crippen molar-refractivity contribution in [1.29, 1.82) is 0 Å². The van der Waals surface area contributed by atoms with Crippen LogP contribution in [0.3, 0.4) is 0 Å². The summed E-state index contributed by atoms with van der Waals surface area (Å²) in [7, 11) is 0. The number of fused-ring (bicyclic) bond motifs is 2. The minimum Gasteiger partial charge on any atom is -0.393 e. The minimum absolute atomic E-state index is 0.166. The van der Waals surface area contributed by atoms with Crippen LogP contribution in [0.25, 0.3) is 27.8 Å². The Kier molecular flexibility index (Phi) is 3.86. The number of rotatable bonds is 4. The molecule has 10 heteroatoms. The standard InChI is InChI=1S/C21H21F2N7O/c1-11-26-19-17(30(11)14-7-21(22,23)8-14)4-12(9-24-19)16-2-3-29-18(16)10-25-20(28-29)27-13-5-15(31)6-13/h2-4,9-10,13-15,31H,5-8H2,1H3,(H,27,28). The highest BCUT2D eigenvalue weighted by molar-refractivity contribution is 5.85. The Balaban J connectivity index is 1.35. The van der Waals surface area contributed by atoms with Crippen molar-refractivity contribution in [3.8, 4) is 11.1 Å². The third-order valence-electron chi connectivity index (χ3n) is 6.33. The first-order valence-corrected chi connectivity index (χ1v) is 10.4. The molecule has 0 atom stereocenters. The topological polar surface area (TPSA) is 93.2 Å². The Morgan fingerprint density at radius 3 is 2.71 bits per heavy atom. The van der Waals surface area contributed by atoms with Gasteiger partial charge in [-0.05, 0) is 31.9 Å². The number of pyridine rings is 1.